The minimum atomic E-state index is -0.711. The lowest BCUT2D eigenvalue weighted by Crippen LogP contribution is -2.41. The molecule has 7 nitrogen and oxygen atoms in total. The zero-order chi connectivity index (χ0) is 17.4. The van der Waals surface area contributed by atoms with Gasteiger partial charge < -0.3 is 23.5 Å². The van der Waals surface area contributed by atoms with Gasteiger partial charge in [-0.1, -0.05) is 0 Å². The van der Waals surface area contributed by atoms with E-state index in [0.29, 0.717) is 5.46 Å². The molecule has 0 unspecified atom stereocenters. The van der Waals surface area contributed by atoms with E-state index < -0.39 is 24.3 Å². The number of hydrogen-bond acceptors (Lipinski definition) is 7. The van der Waals surface area contributed by atoms with E-state index in [1.165, 1.54) is 21.3 Å². The maximum absolute atomic E-state index is 11.9. The SMILES string of the molecule is COC(=O)c1cc(B2OC(C)(C)C(C)(C)O2)c(OC)nc1OC. The van der Waals surface area contributed by atoms with E-state index >= 15 is 0 Å². The summed E-state index contributed by atoms with van der Waals surface area (Å²) in [5, 5.41) is 0. The number of aromatic nitrogens is 1. The van der Waals surface area contributed by atoms with Gasteiger partial charge in [-0.2, -0.15) is 4.98 Å². The highest BCUT2D eigenvalue weighted by molar-refractivity contribution is 6.63. The lowest BCUT2D eigenvalue weighted by Gasteiger charge is -2.32. The fourth-order valence-electron chi connectivity index (χ4n) is 2.21. The van der Waals surface area contributed by atoms with E-state index in [9.17, 15) is 4.79 Å². The van der Waals surface area contributed by atoms with E-state index in [0.717, 1.165) is 0 Å². The molecular formula is C15H22BNO6. The van der Waals surface area contributed by atoms with E-state index in [2.05, 4.69) is 4.98 Å². The van der Waals surface area contributed by atoms with Gasteiger partial charge in [-0.15, -0.1) is 0 Å². The second-order valence-electron chi connectivity index (χ2n) is 6.22. The van der Waals surface area contributed by atoms with Gasteiger partial charge in [-0.25, -0.2) is 4.79 Å². The van der Waals surface area contributed by atoms with Crippen LogP contribution >= 0.6 is 0 Å². The fourth-order valence-corrected chi connectivity index (χ4v) is 2.21. The molecule has 0 radical (unpaired) electrons. The molecule has 1 fully saturated rings. The molecular weight excluding hydrogens is 301 g/mol. The Hall–Kier alpha value is -1.80. The molecule has 1 aromatic rings. The smallest absolute Gasteiger partial charge is 0.481 e. The van der Waals surface area contributed by atoms with Crippen molar-refractivity contribution in [3.05, 3.63) is 11.6 Å². The summed E-state index contributed by atoms with van der Waals surface area (Å²) >= 11 is 0. The van der Waals surface area contributed by atoms with Gasteiger partial charge >= 0.3 is 13.1 Å². The first-order chi connectivity index (χ1) is 10.7. The molecule has 0 aliphatic carbocycles. The minimum absolute atomic E-state index is 0.119. The molecule has 0 N–H and O–H groups in total. The van der Waals surface area contributed by atoms with Crippen LogP contribution in [0.15, 0.2) is 6.07 Å². The van der Waals surface area contributed by atoms with Gasteiger partial charge in [0.1, 0.15) is 5.56 Å². The summed E-state index contributed by atoms with van der Waals surface area (Å²) in [4.78, 5) is 16.2. The van der Waals surface area contributed by atoms with Gasteiger partial charge in [0.2, 0.25) is 11.8 Å². The molecule has 0 saturated carbocycles. The van der Waals surface area contributed by atoms with Crippen molar-refractivity contribution in [3.8, 4) is 11.8 Å². The predicted molar refractivity (Wildman–Crippen MR) is 84.4 cm³/mol. The van der Waals surface area contributed by atoms with E-state index in [4.69, 9.17) is 23.5 Å². The van der Waals surface area contributed by atoms with E-state index in [1.54, 1.807) is 6.07 Å². The normalized spacial score (nSPS) is 18.7. The molecule has 0 aromatic carbocycles. The minimum Gasteiger partial charge on any atom is -0.481 e. The first-order valence-corrected chi connectivity index (χ1v) is 7.23. The molecule has 23 heavy (non-hydrogen) atoms. The van der Waals surface area contributed by atoms with Crippen molar-refractivity contribution in [2.75, 3.05) is 21.3 Å². The van der Waals surface area contributed by atoms with Crippen LogP contribution in [0.2, 0.25) is 0 Å². The second kappa shape index (κ2) is 6.01. The van der Waals surface area contributed by atoms with Crippen molar-refractivity contribution in [1.82, 2.24) is 4.98 Å². The fraction of sp³-hybridized carbons (Fsp3) is 0.600. The molecule has 0 atom stereocenters. The first-order valence-electron chi connectivity index (χ1n) is 7.23. The Morgan fingerprint density at radius 1 is 1.04 bits per heavy atom. The summed E-state index contributed by atoms with van der Waals surface area (Å²) in [7, 11) is 3.48. The van der Waals surface area contributed by atoms with Gasteiger partial charge in [0, 0.05) is 5.46 Å². The highest BCUT2D eigenvalue weighted by atomic mass is 16.7. The summed E-state index contributed by atoms with van der Waals surface area (Å²) in [5.74, 6) is -0.170. The van der Waals surface area contributed by atoms with Crippen LogP contribution in [0, 0.1) is 0 Å². The molecule has 126 valence electrons. The van der Waals surface area contributed by atoms with Crippen LogP contribution < -0.4 is 14.9 Å². The quantitative estimate of drug-likeness (QED) is 0.608. The molecule has 1 aliphatic rings. The summed E-state index contributed by atoms with van der Waals surface area (Å²) < 4.78 is 27.2. The lowest BCUT2D eigenvalue weighted by molar-refractivity contribution is 0.00578. The topological polar surface area (TPSA) is 76.1 Å². The largest absolute Gasteiger partial charge is 0.500 e. The van der Waals surface area contributed by atoms with Crippen LogP contribution in [0.4, 0.5) is 0 Å². The van der Waals surface area contributed by atoms with Crippen molar-refractivity contribution >= 4 is 18.6 Å². The molecule has 2 heterocycles. The molecule has 0 bridgehead atoms. The van der Waals surface area contributed by atoms with E-state index in [1.807, 2.05) is 27.7 Å². The number of methoxy groups -OCH3 is 3. The Balaban J connectivity index is 2.52. The third-order valence-electron chi connectivity index (χ3n) is 4.28. The Kier molecular flexibility index (Phi) is 4.59. The van der Waals surface area contributed by atoms with Crippen molar-refractivity contribution in [2.24, 2.45) is 0 Å². The van der Waals surface area contributed by atoms with Crippen LogP contribution in [0.25, 0.3) is 0 Å². The maximum atomic E-state index is 11.9. The number of rotatable bonds is 4. The van der Waals surface area contributed by atoms with Gasteiger partial charge in [-0.3, -0.25) is 0 Å². The van der Waals surface area contributed by atoms with Gasteiger partial charge in [0.25, 0.3) is 0 Å². The number of esters is 1. The van der Waals surface area contributed by atoms with Crippen LogP contribution in [0.3, 0.4) is 0 Å². The molecule has 1 aliphatic heterocycles. The number of hydrogen-bond donors (Lipinski definition) is 0. The molecule has 0 spiro atoms. The van der Waals surface area contributed by atoms with E-state index in [-0.39, 0.29) is 17.3 Å². The summed E-state index contributed by atoms with van der Waals surface area (Å²) in [6, 6.07) is 1.57. The van der Waals surface area contributed by atoms with Crippen molar-refractivity contribution < 1.29 is 28.3 Å². The molecule has 1 aromatic heterocycles. The highest BCUT2D eigenvalue weighted by Crippen LogP contribution is 2.37. The van der Waals surface area contributed by atoms with Crippen molar-refractivity contribution in [1.29, 1.82) is 0 Å². The zero-order valence-corrected chi connectivity index (χ0v) is 14.6. The number of carbonyl (C=O) groups is 1. The third-order valence-corrected chi connectivity index (χ3v) is 4.28. The summed E-state index contributed by atoms with van der Waals surface area (Å²) in [5.41, 5.74) is -0.352. The number of carbonyl (C=O) groups excluding carboxylic acids is 1. The van der Waals surface area contributed by atoms with Gasteiger partial charge in [0.05, 0.1) is 32.5 Å². The van der Waals surface area contributed by atoms with Crippen molar-refractivity contribution in [2.45, 2.75) is 38.9 Å². The Morgan fingerprint density at radius 3 is 2.00 bits per heavy atom. The summed E-state index contributed by atoms with van der Waals surface area (Å²) in [6.45, 7) is 7.77. The molecule has 1 saturated heterocycles. The zero-order valence-electron chi connectivity index (χ0n) is 14.6. The molecule has 0 amide bonds. The molecule has 2 rings (SSSR count). The Labute approximate surface area is 136 Å². The maximum Gasteiger partial charge on any atom is 0.500 e. The average molecular weight is 323 g/mol. The van der Waals surface area contributed by atoms with Crippen LogP contribution in [0.1, 0.15) is 38.1 Å². The van der Waals surface area contributed by atoms with Crippen LogP contribution in [-0.4, -0.2) is 50.6 Å². The molecule has 8 heteroatoms. The Morgan fingerprint density at radius 2 is 1.57 bits per heavy atom. The highest BCUT2D eigenvalue weighted by Gasteiger charge is 2.53. The second-order valence-corrected chi connectivity index (χ2v) is 6.22. The standard InChI is InChI=1S/C15H22BNO6/c1-14(2)15(3,4)23-16(22-14)10-8-9(13(18)21-7)11(19-5)17-12(10)20-6/h8H,1-7H3. The van der Waals surface area contributed by atoms with Crippen LogP contribution in [0.5, 0.6) is 11.8 Å². The number of pyridine rings is 1. The average Bonchev–Trinajstić information content (AvgIpc) is 2.73. The lowest BCUT2D eigenvalue weighted by atomic mass is 9.79. The number of ether oxygens (including phenoxy) is 3. The van der Waals surface area contributed by atoms with Gasteiger partial charge in [0.15, 0.2) is 0 Å². The summed E-state index contributed by atoms with van der Waals surface area (Å²) in [6.07, 6.45) is 0. The monoisotopic (exact) mass is 323 g/mol. The van der Waals surface area contributed by atoms with Crippen LogP contribution in [-0.2, 0) is 14.0 Å². The Bertz CT molecular complexity index is 600. The predicted octanol–water partition coefficient (Wildman–Crippen LogP) is 1.18. The first kappa shape index (κ1) is 17.6. The number of nitrogens with zero attached hydrogens (tertiary/aromatic N) is 1. The van der Waals surface area contributed by atoms with Gasteiger partial charge in [-0.05, 0) is 33.8 Å². The third kappa shape index (κ3) is 3.01. The van der Waals surface area contributed by atoms with Crippen molar-refractivity contribution in [3.63, 3.8) is 0 Å².